The number of carbonyl (C=O) groups is 3. The first kappa shape index (κ1) is 55.3. The summed E-state index contributed by atoms with van der Waals surface area (Å²) in [7, 11) is 0. The number of hydrogen-bond donors (Lipinski definition) is 0. The molecule has 0 saturated carbocycles. The molecule has 0 aromatic heterocycles. The molecule has 0 aliphatic carbocycles. The molecular formula is C54H80O6. The Kier molecular flexibility index (Phi) is 43.3. The third-order valence-electron chi connectivity index (χ3n) is 8.76. The fraction of sp³-hybridized carbons (Fsp3) is 0.500. The molecule has 1 unspecified atom stereocenters. The number of carbonyl (C=O) groups excluding carboxylic acids is 3. The van der Waals surface area contributed by atoms with Crippen molar-refractivity contribution in [1.82, 2.24) is 0 Å². The van der Waals surface area contributed by atoms with E-state index in [4.69, 9.17) is 14.2 Å². The van der Waals surface area contributed by atoms with E-state index in [2.05, 4.69) is 93.7 Å². The lowest BCUT2D eigenvalue weighted by Gasteiger charge is -2.18. The highest BCUT2D eigenvalue weighted by Gasteiger charge is 2.19. The monoisotopic (exact) mass is 825 g/mol. The molecule has 0 radical (unpaired) electrons. The molecule has 0 heterocycles. The molecule has 0 amide bonds. The molecule has 1 atom stereocenters. The molecule has 0 aliphatic rings. The van der Waals surface area contributed by atoms with Crippen molar-refractivity contribution in [3.63, 3.8) is 0 Å². The largest absolute Gasteiger partial charge is 0.462 e. The van der Waals surface area contributed by atoms with Crippen molar-refractivity contribution in [2.24, 2.45) is 0 Å². The first-order chi connectivity index (χ1) is 29.5. The maximum Gasteiger partial charge on any atom is 0.306 e. The Morgan fingerprint density at radius 3 is 1.22 bits per heavy atom. The Balaban J connectivity index is 4.58. The van der Waals surface area contributed by atoms with Gasteiger partial charge in [-0.2, -0.15) is 0 Å². The highest BCUT2D eigenvalue weighted by Crippen LogP contribution is 2.11. The number of hydrogen-bond acceptors (Lipinski definition) is 6. The minimum atomic E-state index is -0.829. The topological polar surface area (TPSA) is 78.9 Å². The first-order valence-corrected chi connectivity index (χ1v) is 22.9. The zero-order valence-electron chi connectivity index (χ0n) is 37.6. The number of ether oxygens (including phenoxy) is 3. The molecule has 0 rings (SSSR count). The van der Waals surface area contributed by atoms with Crippen LogP contribution >= 0.6 is 0 Å². The number of unbranched alkanes of at least 4 members (excludes halogenated alkanes) is 9. The minimum Gasteiger partial charge on any atom is -0.462 e. The van der Waals surface area contributed by atoms with E-state index in [9.17, 15) is 14.4 Å². The van der Waals surface area contributed by atoms with Gasteiger partial charge in [0.1, 0.15) is 13.2 Å². The molecule has 60 heavy (non-hydrogen) atoms. The van der Waals surface area contributed by atoms with Crippen LogP contribution in [0.3, 0.4) is 0 Å². The van der Waals surface area contributed by atoms with E-state index in [0.717, 1.165) is 103 Å². The maximum atomic E-state index is 12.7. The van der Waals surface area contributed by atoms with Crippen molar-refractivity contribution in [2.45, 2.75) is 162 Å². The van der Waals surface area contributed by atoms with Gasteiger partial charge in [-0.1, -0.05) is 192 Å². The molecule has 0 bridgehead atoms. The quantitative estimate of drug-likeness (QED) is 0.0203. The molecular weight excluding hydrogens is 745 g/mol. The van der Waals surface area contributed by atoms with Gasteiger partial charge < -0.3 is 14.2 Å². The second kappa shape index (κ2) is 47.0. The SMILES string of the molecule is CC\C=C/C=C\C=C/C=C\C=C\C=C/C=C\CCCCCC(=O)OCC(COC(=O)CCC/C=C\C/C=C\C/C=C\CC)OC(=O)CCCCCCC/C=C\C/C=C\CC. The molecule has 0 spiro atoms. The summed E-state index contributed by atoms with van der Waals surface area (Å²) >= 11 is 0. The van der Waals surface area contributed by atoms with Gasteiger partial charge in [-0.3, -0.25) is 14.4 Å². The molecule has 332 valence electrons. The van der Waals surface area contributed by atoms with E-state index in [1.165, 1.54) is 0 Å². The Morgan fingerprint density at radius 1 is 0.350 bits per heavy atom. The Hall–Kier alpha value is -4.71. The van der Waals surface area contributed by atoms with Crippen molar-refractivity contribution < 1.29 is 28.6 Å². The van der Waals surface area contributed by atoms with Gasteiger partial charge in [0.2, 0.25) is 0 Å². The standard InChI is InChI=1S/C54H80O6/c1-4-7-10-13-16-19-22-24-25-26-27-28-29-30-33-35-38-41-44-47-53(56)59-50-51(49-58-52(55)46-43-40-37-34-31-21-18-15-12-9-6-3)60-54(57)48-45-42-39-36-32-23-20-17-14-11-8-5-2/h7-13,16-22,24-30,33-34,37,51H,4-6,14-15,23,31-32,35-36,38-50H2,1-3H3/b10-7-,11-8-,12-9-,16-13-,20-17-,21-18-,22-19-,25-24-,27-26+,29-28-,33-30-,37-34-. The van der Waals surface area contributed by atoms with Crippen LogP contribution < -0.4 is 0 Å². The second-order valence-electron chi connectivity index (χ2n) is 14.3. The smallest absolute Gasteiger partial charge is 0.306 e. The van der Waals surface area contributed by atoms with Gasteiger partial charge in [0.25, 0.3) is 0 Å². The molecule has 0 fully saturated rings. The summed E-state index contributed by atoms with van der Waals surface area (Å²) < 4.78 is 16.6. The van der Waals surface area contributed by atoms with Gasteiger partial charge in [0, 0.05) is 19.3 Å². The second-order valence-corrected chi connectivity index (χ2v) is 14.3. The maximum absolute atomic E-state index is 12.7. The third-order valence-corrected chi connectivity index (χ3v) is 8.76. The minimum absolute atomic E-state index is 0.131. The van der Waals surface area contributed by atoms with Crippen molar-refractivity contribution >= 4 is 17.9 Å². The molecule has 6 heteroatoms. The predicted octanol–water partition coefficient (Wildman–Crippen LogP) is 14.9. The van der Waals surface area contributed by atoms with E-state index in [1.54, 1.807) is 0 Å². The van der Waals surface area contributed by atoms with E-state index >= 15 is 0 Å². The summed E-state index contributed by atoms with van der Waals surface area (Å²) in [6, 6.07) is 0. The van der Waals surface area contributed by atoms with E-state index in [0.29, 0.717) is 12.8 Å². The van der Waals surface area contributed by atoms with Gasteiger partial charge in [-0.25, -0.2) is 0 Å². The fourth-order valence-electron chi connectivity index (χ4n) is 5.42. The van der Waals surface area contributed by atoms with Crippen LogP contribution in [-0.2, 0) is 28.6 Å². The van der Waals surface area contributed by atoms with Crippen molar-refractivity contribution in [1.29, 1.82) is 0 Å². The van der Waals surface area contributed by atoms with Gasteiger partial charge in [-0.05, 0) is 89.9 Å². The lowest BCUT2D eigenvalue weighted by Crippen LogP contribution is -2.30. The van der Waals surface area contributed by atoms with Gasteiger partial charge in [-0.15, -0.1) is 0 Å². The molecule has 0 aromatic carbocycles. The predicted molar refractivity (Wildman–Crippen MR) is 255 cm³/mol. The van der Waals surface area contributed by atoms with Gasteiger partial charge >= 0.3 is 17.9 Å². The molecule has 0 saturated heterocycles. The van der Waals surface area contributed by atoms with E-state index in [-0.39, 0.29) is 50.4 Å². The lowest BCUT2D eigenvalue weighted by molar-refractivity contribution is -0.167. The van der Waals surface area contributed by atoms with Crippen LogP contribution in [0, 0.1) is 0 Å². The summed E-state index contributed by atoms with van der Waals surface area (Å²) in [6.45, 7) is 6.11. The lowest BCUT2D eigenvalue weighted by atomic mass is 10.1. The van der Waals surface area contributed by atoms with Crippen LogP contribution in [0.1, 0.15) is 156 Å². The van der Waals surface area contributed by atoms with Crippen molar-refractivity contribution in [3.05, 3.63) is 146 Å². The Morgan fingerprint density at radius 2 is 0.700 bits per heavy atom. The molecule has 6 nitrogen and oxygen atoms in total. The molecule has 0 aromatic rings. The fourth-order valence-corrected chi connectivity index (χ4v) is 5.42. The summed E-state index contributed by atoms with van der Waals surface area (Å²) in [5.74, 6) is -1.06. The average Bonchev–Trinajstić information content (AvgIpc) is 3.24. The number of esters is 3. The first-order valence-electron chi connectivity index (χ1n) is 22.9. The normalized spacial score (nSPS) is 13.4. The van der Waals surface area contributed by atoms with Crippen LogP contribution in [0.5, 0.6) is 0 Å². The Bertz CT molecular complexity index is 1410. The summed E-state index contributed by atoms with van der Waals surface area (Å²) in [5, 5.41) is 0. The van der Waals surface area contributed by atoms with Crippen LogP contribution in [0.2, 0.25) is 0 Å². The van der Waals surface area contributed by atoms with Crippen molar-refractivity contribution in [3.8, 4) is 0 Å². The van der Waals surface area contributed by atoms with Gasteiger partial charge in [0.05, 0.1) is 0 Å². The average molecular weight is 825 g/mol. The highest BCUT2D eigenvalue weighted by atomic mass is 16.6. The number of rotatable bonds is 38. The molecule has 0 N–H and O–H groups in total. The zero-order chi connectivity index (χ0) is 43.7. The van der Waals surface area contributed by atoms with Gasteiger partial charge in [0.15, 0.2) is 6.10 Å². The Labute approximate surface area is 366 Å². The zero-order valence-corrected chi connectivity index (χ0v) is 37.6. The van der Waals surface area contributed by atoms with Crippen LogP contribution in [-0.4, -0.2) is 37.2 Å². The van der Waals surface area contributed by atoms with E-state index in [1.807, 2.05) is 72.9 Å². The highest BCUT2D eigenvalue weighted by molar-refractivity contribution is 5.71. The summed E-state index contributed by atoms with van der Waals surface area (Å²) in [6.07, 6.45) is 66.9. The van der Waals surface area contributed by atoms with E-state index < -0.39 is 6.10 Å². The van der Waals surface area contributed by atoms with Crippen LogP contribution in [0.25, 0.3) is 0 Å². The van der Waals surface area contributed by atoms with Crippen LogP contribution in [0.15, 0.2) is 146 Å². The summed E-state index contributed by atoms with van der Waals surface area (Å²) in [4.78, 5) is 37.7. The summed E-state index contributed by atoms with van der Waals surface area (Å²) in [5.41, 5.74) is 0. The van der Waals surface area contributed by atoms with Crippen molar-refractivity contribution in [2.75, 3.05) is 13.2 Å². The molecule has 0 aliphatic heterocycles. The van der Waals surface area contributed by atoms with Crippen LogP contribution in [0.4, 0.5) is 0 Å². The third kappa shape index (κ3) is 44.4. The number of allylic oxidation sites excluding steroid dienone is 24.